The van der Waals surface area contributed by atoms with E-state index >= 15 is 0 Å². The molecule has 1 aromatic rings. The summed E-state index contributed by atoms with van der Waals surface area (Å²) in [5.41, 5.74) is 8.49. The Morgan fingerprint density at radius 1 is 1.19 bits per heavy atom. The van der Waals surface area contributed by atoms with Crippen molar-refractivity contribution in [3.63, 3.8) is 0 Å². The van der Waals surface area contributed by atoms with Crippen LogP contribution in [0.3, 0.4) is 0 Å². The van der Waals surface area contributed by atoms with Gasteiger partial charge in [0.25, 0.3) is 0 Å². The molecule has 1 aliphatic heterocycles. The number of nitrogens with zero attached hydrogens (tertiary/aromatic N) is 2. The summed E-state index contributed by atoms with van der Waals surface area (Å²) in [7, 11) is 0. The van der Waals surface area contributed by atoms with Crippen LogP contribution >= 0.6 is 24.0 Å². The van der Waals surface area contributed by atoms with E-state index in [4.69, 9.17) is 5.73 Å². The molecular formula is C20H33IN4O. The summed E-state index contributed by atoms with van der Waals surface area (Å²) >= 11 is 0. The number of amides is 1. The van der Waals surface area contributed by atoms with Gasteiger partial charge in [-0.25, -0.2) is 0 Å². The molecule has 5 nitrogen and oxygen atoms in total. The van der Waals surface area contributed by atoms with Crippen LogP contribution in [0.4, 0.5) is 0 Å². The lowest BCUT2D eigenvalue weighted by atomic mass is 9.99. The molecular weight excluding hydrogens is 439 g/mol. The average molecular weight is 472 g/mol. The van der Waals surface area contributed by atoms with Crippen LogP contribution < -0.4 is 11.1 Å². The molecule has 0 atom stereocenters. The van der Waals surface area contributed by atoms with Crippen molar-refractivity contribution >= 4 is 35.8 Å². The number of aliphatic imine (C=N–C) groups is 1. The van der Waals surface area contributed by atoms with Gasteiger partial charge >= 0.3 is 0 Å². The van der Waals surface area contributed by atoms with Gasteiger partial charge < -0.3 is 16.0 Å². The maximum Gasteiger partial charge on any atom is 0.222 e. The first kappa shape index (κ1) is 22.7. The number of guanidine groups is 1. The fourth-order valence-corrected chi connectivity index (χ4v) is 3.12. The number of hydrogen-bond acceptors (Lipinski definition) is 2. The molecule has 2 rings (SSSR count). The summed E-state index contributed by atoms with van der Waals surface area (Å²) < 4.78 is 0. The minimum absolute atomic E-state index is 0. The number of benzene rings is 1. The van der Waals surface area contributed by atoms with Gasteiger partial charge in [-0.1, -0.05) is 50.5 Å². The van der Waals surface area contributed by atoms with Gasteiger partial charge in [0.05, 0.1) is 0 Å². The zero-order chi connectivity index (χ0) is 17.9. The lowest BCUT2D eigenvalue weighted by Crippen LogP contribution is -2.36. The molecule has 0 spiro atoms. The van der Waals surface area contributed by atoms with Crippen molar-refractivity contribution in [1.29, 1.82) is 0 Å². The second kappa shape index (κ2) is 12.9. The van der Waals surface area contributed by atoms with Crippen molar-refractivity contribution in [3.8, 4) is 0 Å². The SMILES string of the molecule is CCCCCCNC(N)=NCCCC(=O)N1CCc2ccccc2C1.I. The number of carbonyl (C=O) groups is 1. The van der Waals surface area contributed by atoms with Crippen molar-refractivity contribution in [2.45, 2.75) is 58.4 Å². The highest BCUT2D eigenvalue weighted by Crippen LogP contribution is 2.19. The first-order chi connectivity index (χ1) is 12.2. The fourth-order valence-electron chi connectivity index (χ4n) is 3.12. The Bertz CT molecular complexity index is 577. The predicted octanol–water partition coefficient (Wildman–Crippen LogP) is 3.45. The Hall–Kier alpha value is -1.31. The lowest BCUT2D eigenvalue weighted by Gasteiger charge is -2.28. The molecule has 0 bridgehead atoms. The Morgan fingerprint density at radius 2 is 1.96 bits per heavy atom. The molecule has 3 N–H and O–H groups in total. The molecule has 1 aromatic carbocycles. The van der Waals surface area contributed by atoms with Gasteiger partial charge in [-0.2, -0.15) is 0 Å². The number of halogens is 1. The van der Waals surface area contributed by atoms with Crippen LogP contribution in [0.2, 0.25) is 0 Å². The summed E-state index contributed by atoms with van der Waals surface area (Å²) in [6.07, 6.45) is 7.09. The highest BCUT2D eigenvalue weighted by atomic mass is 127. The van der Waals surface area contributed by atoms with Crippen molar-refractivity contribution in [2.24, 2.45) is 10.7 Å². The average Bonchev–Trinajstić information content (AvgIpc) is 2.64. The van der Waals surface area contributed by atoms with E-state index in [-0.39, 0.29) is 29.9 Å². The van der Waals surface area contributed by atoms with Crippen molar-refractivity contribution < 1.29 is 4.79 Å². The minimum atomic E-state index is 0. The largest absolute Gasteiger partial charge is 0.370 e. The molecule has 0 aliphatic carbocycles. The number of unbranched alkanes of at least 4 members (excludes halogenated alkanes) is 3. The van der Waals surface area contributed by atoms with E-state index in [9.17, 15) is 4.79 Å². The van der Waals surface area contributed by atoms with Crippen molar-refractivity contribution in [3.05, 3.63) is 35.4 Å². The van der Waals surface area contributed by atoms with E-state index in [1.54, 1.807) is 0 Å². The van der Waals surface area contributed by atoms with Gasteiger partial charge in [0, 0.05) is 32.6 Å². The molecule has 0 aromatic heterocycles. The Morgan fingerprint density at radius 3 is 2.73 bits per heavy atom. The quantitative estimate of drug-likeness (QED) is 0.250. The molecule has 0 fully saturated rings. The van der Waals surface area contributed by atoms with Gasteiger partial charge in [0.1, 0.15) is 0 Å². The molecule has 0 unspecified atom stereocenters. The standard InChI is InChI=1S/C20H32N4O.HI/c1-2-3-4-7-13-22-20(21)23-14-8-11-19(25)24-15-12-17-9-5-6-10-18(17)16-24;/h5-6,9-10H,2-4,7-8,11-16H2,1H3,(H3,21,22,23);1H. The second-order valence-electron chi connectivity index (χ2n) is 6.69. The monoisotopic (exact) mass is 472 g/mol. The summed E-state index contributed by atoms with van der Waals surface area (Å²) in [6, 6.07) is 8.38. The molecule has 0 saturated carbocycles. The first-order valence-corrected chi connectivity index (χ1v) is 9.59. The number of hydrogen-bond donors (Lipinski definition) is 2. The van der Waals surface area contributed by atoms with Gasteiger partial charge in [-0.3, -0.25) is 9.79 Å². The van der Waals surface area contributed by atoms with Crippen LogP contribution in [0.5, 0.6) is 0 Å². The maximum absolute atomic E-state index is 12.4. The number of nitrogens with two attached hydrogens (primary N) is 1. The fraction of sp³-hybridized carbons (Fsp3) is 0.600. The molecule has 0 radical (unpaired) electrons. The zero-order valence-electron chi connectivity index (χ0n) is 15.9. The Labute approximate surface area is 174 Å². The summed E-state index contributed by atoms with van der Waals surface area (Å²) in [4.78, 5) is 18.6. The van der Waals surface area contributed by atoms with Crippen LogP contribution in [-0.2, 0) is 17.8 Å². The predicted molar refractivity (Wildman–Crippen MR) is 119 cm³/mol. The third-order valence-electron chi connectivity index (χ3n) is 4.65. The van der Waals surface area contributed by atoms with Crippen LogP contribution in [0.25, 0.3) is 0 Å². The Kier molecular flexibility index (Phi) is 11.3. The van der Waals surface area contributed by atoms with Crippen LogP contribution in [-0.4, -0.2) is 36.4 Å². The number of carbonyl (C=O) groups excluding carboxylic acids is 1. The van der Waals surface area contributed by atoms with Crippen LogP contribution in [0.1, 0.15) is 56.6 Å². The van der Waals surface area contributed by atoms with E-state index < -0.39 is 0 Å². The first-order valence-electron chi connectivity index (χ1n) is 9.59. The molecule has 26 heavy (non-hydrogen) atoms. The Balaban J connectivity index is 0.00000338. The molecule has 0 saturated heterocycles. The van der Waals surface area contributed by atoms with Gasteiger partial charge in [-0.05, 0) is 30.4 Å². The topological polar surface area (TPSA) is 70.7 Å². The molecule has 146 valence electrons. The van der Waals surface area contributed by atoms with E-state index in [1.807, 2.05) is 11.0 Å². The molecule has 1 heterocycles. The lowest BCUT2D eigenvalue weighted by molar-refractivity contribution is -0.132. The number of rotatable bonds is 9. The van der Waals surface area contributed by atoms with Crippen LogP contribution in [0.15, 0.2) is 29.3 Å². The second-order valence-corrected chi connectivity index (χ2v) is 6.69. The summed E-state index contributed by atoms with van der Waals surface area (Å²) in [5, 5.41) is 3.14. The van der Waals surface area contributed by atoms with Gasteiger partial charge in [-0.15, -0.1) is 24.0 Å². The highest BCUT2D eigenvalue weighted by Gasteiger charge is 2.19. The molecule has 6 heteroatoms. The highest BCUT2D eigenvalue weighted by molar-refractivity contribution is 14.0. The van der Waals surface area contributed by atoms with Gasteiger partial charge in [0.2, 0.25) is 5.91 Å². The van der Waals surface area contributed by atoms with Crippen molar-refractivity contribution in [2.75, 3.05) is 19.6 Å². The van der Waals surface area contributed by atoms with Gasteiger partial charge in [0.15, 0.2) is 5.96 Å². The third-order valence-corrected chi connectivity index (χ3v) is 4.65. The molecule has 1 amide bonds. The van der Waals surface area contributed by atoms with E-state index in [2.05, 4.69) is 35.4 Å². The zero-order valence-corrected chi connectivity index (χ0v) is 18.2. The summed E-state index contributed by atoms with van der Waals surface area (Å²) in [5.74, 6) is 0.714. The molecule has 1 aliphatic rings. The maximum atomic E-state index is 12.4. The van der Waals surface area contributed by atoms with E-state index in [0.717, 1.165) is 38.9 Å². The smallest absolute Gasteiger partial charge is 0.222 e. The van der Waals surface area contributed by atoms with E-state index in [0.29, 0.717) is 18.9 Å². The third kappa shape index (κ3) is 7.93. The van der Waals surface area contributed by atoms with Crippen LogP contribution in [0, 0.1) is 0 Å². The van der Waals surface area contributed by atoms with E-state index in [1.165, 1.54) is 30.4 Å². The number of fused-ring (bicyclic) bond motifs is 1. The normalized spacial score (nSPS) is 13.7. The minimum Gasteiger partial charge on any atom is -0.370 e. The number of nitrogens with one attached hydrogen (secondary N) is 1. The van der Waals surface area contributed by atoms with Crippen molar-refractivity contribution in [1.82, 2.24) is 10.2 Å². The summed E-state index contributed by atoms with van der Waals surface area (Å²) in [6.45, 7) is 5.24.